The lowest BCUT2D eigenvalue weighted by molar-refractivity contribution is -0.150. The van der Waals surface area contributed by atoms with Gasteiger partial charge in [-0.3, -0.25) is 9.80 Å². The van der Waals surface area contributed by atoms with Gasteiger partial charge >= 0.3 is 5.97 Å². The zero-order chi connectivity index (χ0) is 26.3. The number of nitrogens with zero attached hydrogens (tertiary/aromatic N) is 4. The highest BCUT2D eigenvalue weighted by Crippen LogP contribution is 2.50. The van der Waals surface area contributed by atoms with Gasteiger partial charge in [0.1, 0.15) is 16.6 Å². The Morgan fingerprint density at radius 3 is 2.44 bits per heavy atom. The molecule has 36 heavy (non-hydrogen) atoms. The van der Waals surface area contributed by atoms with Crippen molar-refractivity contribution in [2.45, 2.75) is 83.8 Å². The molecule has 2 aliphatic rings. The highest BCUT2D eigenvalue weighted by Gasteiger charge is 2.61. The molecular formula is C28H36N4O3S. The van der Waals surface area contributed by atoms with Gasteiger partial charge in [-0.1, -0.05) is 52.8 Å². The van der Waals surface area contributed by atoms with Gasteiger partial charge in [-0.2, -0.15) is 5.10 Å². The van der Waals surface area contributed by atoms with Crippen LogP contribution in [0.5, 0.6) is 0 Å². The summed E-state index contributed by atoms with van der Waals surface area (Å²) in [4.78, 5) is 33.6. The molecule has 0 saturated carbocycles. The van der Waals surface area contributed by atoms with Crippen LogP contribution in [0.25, 0.3) is 0 Å². The zero-order valence-corrected chi connectivity index (χ0v) is 22.7. The molecule has 7 nitrogen and oxygen atoms in total. The van der Waals surface area contributed by atoms with Gasteiger partial charge in [0, 0.05) is 41.9 Å². The number of carboxylic acid groups (broad SMARTS) is 1. The summed E-state index contributed by atoms with van der Waals surface area (Å²) in [6.07, 6.45) is 7.00. The maximum Gasteiger partial charge on any atom is 0.329 e. The topological polar surface area (TPSA) is 86.1 Å². The number of likely N-dealkylation sites (tertiary alicyclic amines) is 1. The van der Waals surface area contributed by atoms with Gasteiger partial charge in [0.2, 0.25) is 0 Å². The average Bonchev–Trinajstić information content (AvgIpc) is 3.44. The van der Waals surface area contributed by atoms with E-state index in [9.17, 15) is 14.7 Å². The summed E-state index contributed by atoms with van der Waals surface area (Å²) in [5, 5.41) is 19.9. The standard InChI is InChI=1S/C28H36N4O3S/c1-18(2)16-28(26(34)35)17-22(31-14-7-8-19(3)30-31)23(24-29-13-15-36-24)32(28)25(33)20-9-11-21(12-10-20)27(4,5)6/h7,9-15,18,22-23H,8,16-17H2,1-6H3,(H,34,35)/t22-,23+,28-/m0/s1. The summed E-state index contributed by atoms with van der Waals surface area (Å²) >= 11 is 1.45. The Morgan fingerprint density at radius 1 is 1.22 bits per heavy atom. The predicted octanol–water partition coefficient (Wildman–Crippen LogP) is 5.86. The van der Waals surface area contributed by atoms with Crippen LogP contribution < -0.4 is 0 Å². The van der Waals surface area contributed by atoms with Crippen molar-refractivity contribution in [1.29, 1.82) is 0 Å². The number of thiazole rings is 1. The van der Waals surface area contributed by atoms with Crippen molar-refractivity contribution in [2.75, 3.05) is 0 Å². The van der Waals surface area contributed by atoms with Gasteiger partial charge in [-0.15, -0.1) is 11.3 Å². The van der Waals surface area contributed by atoms with Crippen LogP contribution in [-0.4, -0.2) is 49.2 Å². The molecule has 0 unspecified atom stereocenters. The molecule has 1 aromatic heterocycles. The number of hydrogen-bond acceptors (Lipinski definition) is 6. The molecule has 0 radical (unpaired) electrons. The molecule has 0 bridgehead atoms. The van der Waals surface area contributed by atoms with E-state index in [2.05, 4.69) is 25.8 Å². The first-order chi connectivity index (χ1) is 16.9. The molecule has 0 aliphatic carbocycles. The number of allylic oxidation sites excluding steroid dienone is 1. The van der Waals surface area contributed by atoms with Crippen LogP contribution in [0, 0.1) is 5.92 Å². The number of benzene rings is 1. The number of amides is 1. The molecule has 1 amide bonds. The summed E-state index contributed by atoms with van der Waals surface area (Å²) in [5.74, 6) is -1.21. The maximum absolute atomic E-state index is 14.3. The number of rotatable bonds is 6. The Balaban J connectivity index is 1.87. The molecule has 8 heteroatoms. The van der Waals surface area contributed by atoms with Gasteiger partial charge in [-0.05, 0) is 42.4 Å². The third-order valence-electron chi connectivity index (χ3n) is 7.01. The third-order valence-corrected chi connectivity index (χ3v) is 7.86. The summed E-state index contributed by atoms with van der Waals surface area (Å²) in [5.41, 5.74) is 1.10. The molecule has 1 N–H and O–H groups in total. The van der Waals surface area contributed by atoms with E-state index in [-0.39, 0.29) is 29.7 Å². The first-order valence-electron chi connectivity index (χ1n) is 12.5. The number of hydrogen-bond donors (Lipinski definition) is 1. The third kappa shape index (κ3) is 4.83. The number of carboxylic acids is 1. The Hall–Kier alpha value is -3.00. The molecule has 2 aromatic rings. The smallest absolute Gasteiger partial charge is 0.329 e. The molecule has 3 atom stereocenters. The summed E-state index contributed by atoms with van der Waals surface area (Å²) in [6, 6.07) is 6.67. The van der Waals surface area contributed by atoms with Gasteiger partial charge in [-0.25, -0.2) is 9.78 Å². The number of carbonyl (C=O) groups is 2. The van der Waals surface area contributed by atoms with Gasteiger partial charge in [0.25, 0.3) is 5.91 Å². The van der Waals surface area contributed by atoms with Crippen LogP contribution in [-0.2, 0) is 10.2 Å². The van der Waals surface area contributed by atoms with Crippen LogP contribution in [0.2, 0.25) is 0 Å². The second-order valence-electron chi connectivity index (χ2n) is 11.3. The SMILES string of the molecule is CC1=NN([C@H]2C[C@@](CC(C)C)(C(=O)O)N(C(=O)c3ccc(C(C)(C)C)cc3)[C@H]2c2nccs2)C=CC1. The maximum atomic E-state index is 14.3. The van der Waals surface area contributed by atoms with Crippen molar-refractivity contribution in [3.8, 4) is 0 Å². The monoisotopic (exact) mass is 508 g/mol. The summed E-state index contributed by atoms with van der Waals surface area (Å²) < 4.78 is 0. The lowest BCUT2D eigenvalue weighted by Gasteiger charge is -2.38. The van der Waals surface area contributed by atoms with E-state index in [1.54, 1.807) is 11.1 Å². The molecular weight excluding hydrogens is 472 g/mol. The molecule has 1 saturated heterocycles. The van der Waals surface area contributed by atoms with Crippen molar-refractivity contribution in [3.63, 3.8) is 0 Å². The van der Waals surface area contributed by atoms with Crippen molar-refractivity contribution >= 4 is 28.9 Å². The van der Waals surface area contributed by atoms with E-state index in [1.807, 2.05) is 67.7 Å². The van der Waals surface area contributed by atoms with Crippen LogP contribution in [0.15, 0.2) is 53.2 Å². The summed E-state index contributed by atoms with van der Waals surface area (Å²) in [7, 11) is 0. The molecule has 1 fully saturated rings. The fourth-order valence-corrected chi connectivity index (χ4v) is 6.17. The zero-order valence-electron chi connectivity index (χ0n) is 21.9. The van der Waals surface area contributed by atoms with Crippen LogP contribution >= 0.6 is 11.3 Å². The van der Waals surface area contributed by atoms with Crippen LogP contribution in [0.3, 0.4) is 0 Å². The van der Waals surface area contributed by atoms with Gasteiger partial charge in [0.15, 0.2) is 0 Å². The Bertz CT molecular complexity index is 1160. The number of aromatic nitrogens is 1. The van der Waals surface area contributed by atoms with E-state index in [1.165, 1.54) is 11.3 Å². The Morgan fingerprint density at radius 2 is 1.92 bits per heavy atom. The molecule has 2 aliphatic heterocycles. The highest BCUT2D eigenvalue weighted by atomic mass is 32.1. The second kappa shape index (κ2) is 9.81. The van der Waals surface area contributed by atoms with Crippen LogP contribution in [0.1, 0.15) is 87.8 Å². The van der Waals surface area contributed by atoms with E-state index in [0.717, 1.165) is 22.7 Å². The lowest BCUT2D eigenvalue weighted by atomic mass is 9.84. The largest absolute Gasteiger partial charge is 0.479 e. The number of aliphatic carboxylic acids is 1. The van der Waals surface area contributed by atoms with E-state index in [4.69, 9.17) is 5.10 Å². The van der Waals surface area contributed by atoms with Gasteiger partial charge in [0.05, 0.1) is 6.04 Å². The normalized spacial score (nSPS) is 24.4. The quantitative estimate of drug-likeness (QED) is 0.528. The molecule has 3 heterocycles. The van der Waals surface area contributed by atoms with Crippen molar-refractivity contribution < 1.29 is 14.7 Å². The van der Waals surface area contributed by atoms with Crippen molar-refractivity contribution in [2.24, 2.45) is 11.0 Å². The minimum Gasteiger partial charge on any atom is -0.479 e. The van der Waals surface area contributed by atoms with Crippen molar-refractivity contribution in [1.82, 2.24) is 14.9 Å². The predicted molar refractivity (Wildman–Crippen MR) is 143 cm³/mol. The van der Waals surface area contributed by atoms with Gasteiger partial charge < -0.3 is 10.0 Å². The molecule has 1 aromatic carbocycles. The minimum atomic E-state index is -1.39. The first-order valence-corrected chi connectivity index (χ1v) is 13.4. The average molecular weight is 509 g/mol. The molecule has 0 spiro atoms. The molecule has 4 rings (SSSR count). The first kappa shape index (κ1) is 26.1. The fraction of sp³-hybridized carbons (Fsp3) is 0.500. The van der Waals surface area contributed by atoms with E-state index >= 15 is 0 Å². The van der Waals surface area contributed by atoms with E-state index < -0.39 is 17.6 Å². The molecule has 192 valence electrons. The lowest BCUT2D eigenvalue weighted by Crippen LogP contribution is -2.54. The van der Waals surface area contributed by atoms with Crippen molar-refractivity contribution in [3.05, 3.63) is 64.3 Å². The number of hydrazone groups is 1. The fourth-order valence-electron chi connectivity index (χ4n) is 5.38. The Kier molecular flexibility index (Phi) is 7.10. The minimum absolute atomic E-state index is 0.0529. The Labute approximate surface area is 217 Å². The van der Waals surface area contributed by atoms with Crippen LogP contribution in [0.4, 0.5) is 0 Å². The number of carbonyl (C=O) groups excluding carboxylic acids is 1. The summed E-state index contributed by atoms with van der Waals surface area (Å²) in [6.45, 7) is 12.3. The highest BCUT2D eigenvalue weighted by molar-refractivity contribution is 7.09. The van der Waals surface area contributed by atoms with E-state index in [0.29, 0.717) is 12.0 Å². The second-order valence-corrected chi connectivity index (χ2v) is 12.3.